The standard InChI is InChI=1S/C17H19NO2S/c19-15-9-4-10-16(12-15)21-13-17(20)18-11-5-8-14-6-2-1-3-7-14/h1-4,6-7,9-10,12,19H,5,8,11,13H2,(H,18,20). The molecule has 0 radical (unpaired) electrons. The van der Waals surface area contributed by atoms with Gasteiger partial charge in [0.1, 0.15) is 5.75 Å². The van der Waals surface area contributed by atoms with Crippen molar-refractivity contribution in [3.63, 3.8) is 0 Å². The number of phenols is 1. The van der Waals surface area contributed by atoms with E-state index in [0.717, 1.165) is 17.7 Å². The molecule has 2 rings (SSSR count). The van der Waals surface area contributed by atoms with Crippen LogP contribution in [-0.2, 0) is 11.2 Å². The number of carbonyl (C=O) groups is 1. The number of hydrogen-bond acceptors (Lipinski definition) is 3. The highest BCUT2D eigenvalue weighted by Crippen LogP contribution is 2.21. The fraction of sp³-hybridized carbons (Fsp3) is 0.235. The molecule has 1 amide bonds. The van der Waals surface area contributed by atoms with Crippen molar-refractivity contribution in [2.45, 2.75) is 17.7 Å². The molecule has 2 aromatic rings. The molecule has 0 aliphatic heterocycles. The van der Waals surface area contributed by atoms with Crippen LogP contribution in [0.2, 0.25) is 0 Å². The maximum atomic E-state index is 11.7. The summed E-state index contributed by atoms with van der Waals surface area (Å²) in [6.07, 6.45) is 1.91. The van der Waals surface area contributed by atoms with E-state index in [1.807, 2.05) is 24.3 Å². The molecule has 0 bridgehead atoms. The molecule has 2 aromatic carbocycles. The molecule has 0 heterocycles. The molecule has 0 atom stereocenters. The summed E-state index contributed by atoms with van der Waals surface area (Å²) >= 11 is 1.43. The average molecular weight is 301 g/mol. The van der Waals surface area contributed by atoms with Crippen LogP contribution < -0.4 is 5.32 Å². The lowest BCUT2D eigenvalue weighted by Gasteiger charge is -2.05. The van der Waals surface area contributed by atoms with E-state index in [1.165, 1.54) is 17.3 Å². The van der Waals surface area contributed by atoms with Crippen LogP contribution in [0.1, 0.15) is 12.0 Å². The van der Waals surface area contributed by atoms with Crippen LogP contribution in [-0.4, -0.2) is 23.3 Å². The predicted octanol–water partition coefficient (Wildman–Crippen LogP) is 3.23. The smallest absolute Gasteiger partial charge is 0.230 e. The number of phenolic OH excluding ortho intramolecular Hbond substituents is 1. The molecule has 0 aliphatic rings. The molecule has 0 spiro atoms. The van der Waals surface area contributed by atoms with E-state index in [9.17, 15) is 9.90 Å². The summed E-state index contributed by atoms with van der Waals surface area (Å²) in [4.78, 5) is 12.6. The Bertz CT molecular complexity index is 572. The molecule has 3 nitrogen and oxygen atoms in total. The molecule has 2 N–H and O–H groups in total. The van der Waals surface area contributed by atoms with Crippen molar-refractivity contribution in [3.8, 4) is 5.75 Å². The van der Waals surface area contributed by atoms with Crippen molar-refractivity contribution in [3.05, 3.63) is 60.2 Å². The summed E-state index contributed by atoms with van der Waals surface area (Å²) in [6.45, 7) is 0.689. The summed E-state index contributed by atoms with van der Waals surface area (Å²) < 4.78 is 0. The van der Waals surface area contributed by atoms with Gasteiger partial charge >= 0.3 is 0 Å². The highest BCUT2D eigenvalue weighted by atomic mass is 32.2. The molecular weight excluding hydrogens is 282 g/mol. The average Bonchev–Trinajstić information content (AvgIpc) is 2.51. The summed E-state index contributed by atoms with van der Waals surface area (Å²) in [5, 5.41) is 12.3. The molecule has 0 unspecified atom stereocenters. The van der Waals surface area contributed by atoms with Gasteiger partial charge < -0.3 is 10.4 Å². The van der Waals surface area contributed by atoms with Gasteiger partial charge in [-0.2, -0.15) is 0 Å². The first-order valence-electron chi connectivity index (χ1n) is 6.96. The SMILES string of the molecule is O=C(CSc1cccc(O)c1)NCCCc1ccccc1. The third-order valence-corrected chi connectivity index (χ3v) is 3.99. The lowest BCUT2D eigenvalue weighted by molar-refractivity contribution is -0.118. The summed E-state index contributed by atoms with van der Waals surface area (Å²) in [5.74, 6) is 0.620. The van der Waals surface area contributed by atoms with Crippen LogP contribution in [0, 0.1) is 0 Å². The van der Waals surface area contributed by atoms with Gasteiger partial charge in [-0.3, -0.25) is 4.79 Å². The van der Waals surface area contributed by atoms with Crippen LogP contribution in [0.4, 0.5) is 0 Å². The van der Waals surface area contributed by atoms with Crippen LogP contribution in [0.3, 0.4) is 0 Å². The number of thioether (sulfide) groups is 1. The van der Waals surface area contributed by atoms with Crippen molar-refractivity contribution in [2.24, 2.45) is 0 Å². The fourth-order valence-electron chi connectivity index (χ4n) is 1.94. The number of aromatic hydroxyl groups is 1. The van der Waals surface area contributed by atoms with Gasteiger partial charge in [-0.1, -0.05) is 36.4 Å². The van der Waals surface area contributed by atoms with Crippen molar-refractivity contribution < 1.29 is 9.90 Å². The molecule has 0 fully saturated rings. The zero-order valence-electron chi connectivity index (χ0n) is 11.8. The highest BCUT2D eigenvalue weighted by Gasteiger charge is 2.03. The normalized spacial score (nSPS) is 10.3. The minimum Gasteiger partial charge on any atom is -0.508 e. The number of rotatable bonds is 7. The number of hydrogen-bond donors (Lipinski definition) is 2. The van der Waals surface area contributed by atoms with Crippen LogP contribution >= 0.6 is 11.8 Å². The van der Waals surface area contributed by atoms with Crippen LogP contribution in [0.25, 0.3) is 0 Å². The monoisotopic (exact) mass is 301 g/mol. The number of nitrogens with one attached hydrogen (secondary N) is 1. The van der Waals surface area contributed by atoms with Crippen LogP contribution in [0.15, 0.2) is 59.5 Å². The lowest BCUT2D eigenvalue weighted by Crippen LogP contribution is -2.26. The first-order chi connectivity index (χ1) is 10.2. The van der Waals surface area contributed by atoms with Crippen molar-refractivity contribution in [1.82, 2.24) is 5.32 Å². The van der Waals surface area contributed by atoms with E-state index < -0.39 is 0 Å². The molecule has 21 heavy (non-hydrogen) atoms. The predicted molar refractivity (Wildman–Crippen MR) is 86.6 cm³/mol. The Morgan fingerprint density at radius 3 is 2.67 bits per heavy atom. The summed E-state index contributed by atoms with van der Waals surface area (Å²) in [6, 6.07) is 17.2. The molecule has 0 aromatic heterocycles. The van der Waals surface area contributed by atoms with Crippen molar-refractivity contribution >= 4 is 17.7 Å². The van der Waals surface area contributed by atoms with Crippen molar-refractivity contribution in [2.75, 3.05) is 12.3 Å². The summed E-state index contributed by atoms with van der Waals surface area (Å²) in [7, 11) is 0. The molecule has 0 saturated heterocycles. The Morgan fingerprint density at radius 2 is 1.90 bits per heavy atom. The topological polar surface area (TPSA) is 49.3 Å². The molecule has 0 saturated carbocycles. The maximum absolute atomic E-state index is 11.7. The van der Waals surface area contributed by atoms with Gasteiger partial charge in [-0.15, -0.1) is 11.8 Å². The van der Waals surface area contributed by atoms with Gasteiger partial charge in [-0.05, 0) is 36.6 Å². The minimum absolute atomic E-state index is 0.0244. The largest absolute Gasteiger partial charge is 0.508 e. The Morgan fingerprint density at radius 1 is 1.10 bits per heavy atom. The highest BCUT2D eigenvalue weighted by molar-refractivity contribution is 8.00. The van der Waals surface area contributed by atoms with Gasteiger partial charge in [0.25, 0.3) is 0 Å². The second-order valence-corrected chi connectivity index (χ2v) is 5.77. The zero-order valence-corrected chi connectivity index (χ0v) is 12.6. The van der Waals surface area contributed by atoms with E-state index >= 15 is 0 Å². The third kappa shape index (κ3) is 5.92. The lowest BCUT2D eigenvalue weighted by atomic mass is 10.1. The number of aryl methyl sites for hydroxylation is 1. The Labute approximate surface area is 129 Å². The third-order valence-electron chi connectivity index (χ3n) is 2.99. The second kappa shape index (κ2) is 8.37. The molecule has 110 valence electrons. The second-order valence-electron chi connectivity index (χ2n) is 4.73. The number of amides is 1. The number of carbonyl (C=O) groups excluding carboxylic acids is 1. The van der Waals surface area contributed by atoms with Gasteiger partial charge in [0, 0.05) is 11.4 Å². The Hall–Kier alpha value is -1.94. The van der Waals surface area contributed by atoms with Gasteiger partial charge in [0.2, 0.25) is 5.91 Å². The van der Waals surface area contributed by atoms with E-state index in [-0.39, 0.29) is 11.7 Å². The van der Waals surface area contributed by atoms with Gasteiger partial charge in [0.05, 0.1) is 5.75 Å². The van der Waals surface area contributed by atoms with Gasteiger partial charge in [0.15, 0.2) is 0 Å². The minimum atomic E-state index is 0.0244. The Kier molecular flexibility index (Phi) is 6.16. The first kappa shape index (κ1) is 15.4. The van der Waals surface area contributed by atoms with Gasteiger partial charge in [-0.25, -0.2) is 0 Å². The van der Waals surface area contributed by atoms with E-state index in [2.05, 4.69) is 17.4 Å². The Balaban J connectivity index is 1.62. The van der Waals surface area contributed by atoms with Crippen molar-refractivity contribution in [1.29, 1.82) is 0 Å². The molecular formula is C17H19NO2S. The van der Waals surface area contributed by atoms with E-state index in [0.29, 0.717) is 12.3 Å². The molecule has 4 heteroatoms. The number of benzene rings is 2. The fourth-order valence-corrected chi connectivity index (χ4v) is 2.72. The van der Waals surface area contributed by atoms with E-state index in [1.54, 1.807) is 18.2 Å². The maximum Gasteiger partial charge on any atom is 0.230 e. The summed E-state index contributed by atoms with van der Waals surface area (Å²) in [5.41, 5.74) is 1.29. The quantitative estimate of drug-likeness (QED) is 0.610. The molecule has 0 aliphatic carbocycles. The first-order valence-corrected chi connectivity index (χ1v) is 7.95. The zero-order chi connectivity index (χ0) is 14.9. The van der Waals surface area contributed by atoms with Crippen LogP contribution in [0.5, 0.6) is 5.75 Å². The van der Waals surface area contributed by atoms with E-state index in [4.69, 9.17) is 0 Å².